The van der Waals surface area contributed by atoms with Crippen molar-refractivity contribution in [2.45, 2.75) is 136 Å². The number of unbranched alkanes of at least 4 members (excludes halogenated alkanes) is 12. The lowest BCUT2D eigenvalue weighted by atomic mass is 10.1. The van der Waals surface area contributed by atoms with Crippen LogP contribution in [0.1, 0.15) is 129 Å². The number of hydrogen-bond acceptors (Lipinski definition) is 3. The van der Waals surface area contributed by atoms with Crippen molar-refractivity contribution >= 4 is 11.9 Å². The van der Waals surface area contributed by atoms with Crippen LogP contribution < -0.4 is 0 Å². The fraction of sp³-hybridized carbons (Fsp3) is 0.840. The van der Waals surface area contributed by atoms with E-state index in [-0.39, 0.29) is 18.5 Å². The van der Waals surface area contributed by atoms with E-state index in [2.05, 4.69) is 26.0 Å². The third-order valence-electron chi connectivity index (χ3n) is 5.22. The van der Waals surface area contributed by atoms with Gasteiger partial charge in [-0.1, -0.05) is 84.1 Å². The molecule has 0 rings (SSSR count). The van der Waals surface area contributed by atoms with Gasteiger partial charge < -0.3 is 9.84 Å². The molecular formula is C25H46O4. The lowest BCUT2D eigenvalue weighted by molar-refractivity contribution is -0.147. The molecule has 0 heterocycles. The van der Waals surface area contributed by atoms with Gasteiger partial charge in [-0.2, -0.15) is 0 Å². The summed E-state index contributed by atoms with van der Waals surface area (Å²) < 4.78 is 5.73. The quantitative estimate of drug-likeness (QED) is 0.120. The maximum atomic E-state index is 12.2. The number of carboxylic acids is 1. The number of allylic oxidation sites excluding steroid dienone is 1. The largest absolute Gasteiger partial charge is 0.481 e. The molecule has 0 saturated heterocycles. The van der Waals surface area contributed by atoms with Crippen LogP contribution in [0.25, 0.3) is 0 Å². The summed E-state index contributed by atoms with van der Waals surface area (Å²) in [6.45, 7) is 4.42. The van der Waals surface area contributed by atoms with Gasteiger partial charge in [0, 0.05) is 12.8 Å². The van der Waals surface area contributed by atoms with E-state index in [1.54, 1.807) is 0 Å². The van der Waals surface area contributed by atoms with Crippen molar-refractivity contribution in [1.82, 2.24) is 0 Å². The van der Waals surface area contributed by atoms with Crippen molar-refractivity contribution in [2.75, 3.05) is 0 Å². The van der Waals surface area contributed by atoms with E-state index < -0.39 is 5.97 Å². The van der Waals surface area contributed by atoms with Crippen LogP contribution in [0, 0.1) is 0 Å². The molecule has 29 heavy (non-hydrogen) atoms. The summed E-state index contributed by atoms with van der Waals surface area (Å²) in [7, 11) is 0. The molecule has 0 saturated carbocycles. The zero-order valence-electron chi connectivity index (χ0n) is 19.1. The summed E-state index contributed by atoms with van der Waals surface area (Å²) in [5, 5.41) is 8.69. The van der Waals surface area contributed by atoms with E-state index in [4.69, 9.17) is 9.84 Å². The minimum atomic E-state index is -0.725. The molecule has 0 aliphatic heterocycles. The van der Waals surface area contributed by atoms with Gasteiger partial charge in [-0.15, -0.1) is 0 Å². The number of esters is 1. The Hall–Kier alpha value is -1.32. The Balaban J connectivity index is 4.10. The fourth-order valence-corrected chi connectivity index (χ4v) is 3.38. The van der Waals surface area contributed by atoms with Crippen molar-refractivity contribution in [1.29, 1.82) is 0 Å². The topological polar surface area (TPSA) is 63.6 Å². The summed E-state index contributed by atoms with van der Waals surface area (Å²) in [6, 6.07) is 0. The van der Waals surface area contributed by atoms with Crippen LogP contribution in [0.15, 0.2) is 12.2 Å². The fourth-order valence-electron chi connectivity index (χ4n) is 3.38. The van der Waals surface area contributed by atoms with Gasteiger partial charge in [0.15, 0.2) is 0 Å². The third-order valence-corrected chi connectivity index (χ3v) is 5.22. The smallest absolute Gasteiger partial charge is 0.306 e. The molecule has 0 aliphatic rings. The minimum Gasteiger partial charge on any atom is -0.481 e. The Kier molecular flexibility index (Phi) is 20.4. The van der Waals surface area contributed by atoms with Gasteiger partial charge >= 0.3 is 11.9 Å². The van der Waals surface area contributed by atoms with Crippen molar-refractivity contribution in [3.63, 3.8) is 0 Å². The zero-order chi connectivity index (χ0) is 21.6. The Morgan fingerprint density at radius 1 is 0.759 bits per heavy atom. The van der Waals surface area contributed by atoms with E-state index in [0.29, 0.717) is 6.42 Å². The molecule has 1 unspecified atom stereocenters. The first-order chi connectivity index (χ1) is 14.1. The molecule has 170 valence electrons. The standard InChI is InChI=1S/C25H46O4/c1-3-5-7-9-10-12-18-22-25(28)29-23(19-15-11-8-6-4-2)20-16-13-14-17-21-24(26)27/h15,19,23H,3-14,16-18,20-22H2,1-2H3,(H,26,27)/b19-15-. The third kappa shape index (κ3) is 21.2. The lowest BCUT2D eigenvalue weighted by Gasteiger charge is -2.15. The Bertz CT molecular complexity index is 417. The second-order valence-electron chi connectivity index (χ2n) is 8.17. The molecule has 4 heteroatoms. The number of carbonyl (C=O) groups is 2. The predicted molar refractivity (Wildman–Crippen MR) is 121 cm³/mol. The van der Waals surface area contributed by atoms with Crippen molar-refractivity contribution in [3.8, 4) is 0 Å². The highest BCUT2D eigenvalue weighted by molar-refractivity contribution is 5.69. The van der Waals surface area contributed by atoms with Crippen LogP contribution in [0.2, 0.25) is 0 Å². The van der Waals surface area contributed by atoms with Gasteiger partial charge in [-0.3, -0.25) is 9.59 Å². The van der Waals surface area contributed by atoms with E-state index >= 15 is 0 Å². The molecule has 0 fully saturated rings. The molecule has 4 nitrogen and oxygen atoms in total. The van der Waals surface area contributed by atoms with Gasteiger partial charge in [-0.05, 0) is 44.6 Å². The summed E-state index contributed by atoms with van der Waals surface area (Å²) in [5.41, 5.74) is 0. The highest BCUT2D eigenvalue weighted by Gasteiger charge is 2.11. The molecule has 0 aromatic heterocycles. The van der Waals surface area contributed by atoms with Gasteiger partial charge in [-0.25, -0.2) is 0 Å². The van der Waals surface area contributed by atoms with Crippen LogP contribution >= 0.6 is 0 Å². The first-order valence-electron chi connectivity index (χ1n) is 12.2. The Morgan fingerprint density at radius 3 is 1.97 bits per heavy atom. The number of ether oxygens (including phenoxy) is 1. The van der Waals surface area contributed by atoms with E-state index in [0.717, 1.165) is 51.4 Å². The van der Waals surface area contributed by atoms with E-state index in [1.165, 1.54) is 51.4 Å². The monoisotopic (exact) mass is 410 g/mol. The second-order valence-corrected chi connectivity index (χ2v) is 8.17. The molecule has 0 aliphatic carbocycles. The van der Waals surface area contributed by atoms with Crippen molar-refractivity contribution in [2.24, 2.45) is 0 Å². The van der Waals surface area contributed by atoms with Crippen molar-refractivity contribution < 1.29 is 19.4 Å². The van der Waals surface area contributed by atoms with Gasteiger partial charge in [0.05, 0.1) is 0 Å². The maximum Gasteiger partial charge on any atom is 0.306 e. The van der Waals surface area contributed by atoms with Crippen LogP contribution in [-0.2, 0) is 14.3 Å². The zero-order valence-corrected chi connectivity index (χ0v) is 19.1. The molecule has 0 spiro atoms. The average molecular weight is 411 g/mol. The van der Waals surface area contributed by atoms with Crippen LogP contribution in [0.3, 0.4) is 0 Å². The second kappa shape index (κ2) is 21.4. The number of carboxylic acid groups (broad SMARTS) is 1. The summed E-state index contributed by atoms with van der Waals surface area (Å²) >= 11 is 0. The molecule has 1 N–H and O–H groups in total. The molecule has 0 radical (unpaired) electrons. The first-order valence-corrected chi connectivity index (χ1v) is 12.2. The number of aliphatic carboxylic acids is 1. The van der Waals surface area contributed by atoms with Gasteiger partial charge in [0.2, 0.25) is 0 Å². The Labute approximate surface area is 179 Å². The molecule has 0 aromatic rings. The number of rotatable bonds is 21. The van der Waals surface area contributed by atoms with Crippen LogP contribution in [-0.4, -0.2) is 23.1 Å². The molecule has 0 amide bonds. The molecule has 0 aromatic carbocycles. The van der Waals surface area contributed by atoms with E-state index in [9.17, 15) is 9.59 Å². The number of hydrogen-bond donors (Lipinski definition) is 1. The van der Waals surface area contributed by atoms with Gasteiger partial charge in [0.1, 0.15) is 6.10 Å². The predicted octanol–water partition coefficient (Wildman–Crippen LogP) is 7.60. The first kappa shape index (κ1) is 27.7. The van der Waals surface area contributed by atoms with Crippen molar-refractivity contribution in [3.05, 3.63) is 12.2 Å². The highest BCUT2D eigenvalue weighted by Crippen LogP contribution is 2.14. The summed E-state index contributed by atoms with van der Waals surface area (Å²) in [4.78, 5) is 22.8. The normalized spacial score (nSPS) is 12.3. The molecule has 0 bridgehead atoms. The lowest BCUT2D eigenvalue weighted by Crippen LogP contribution is -2.16. The van der Waals surface area contributed by atoms with Gasteiger partial charge in [0.25, 0.3) is 0 Å². The highest BCUT2D eigenvalue weighted by atomic mass is 16.5. The van der Waals surface area contributed by atoms with E-state index in [1.807, 2.05) is 0 Å². The Morgan fingerprint density at radius 2 is 1.31 bits per heavy atom. The summed E-state index contributed by atoms with van der Waals surface area (Å²) in [5.74, 6) is -0.801. The molecular weight excluding hydrogens is 364 g/mol. The van der Waals surface area contributed by atoms with Crippen LogP contribution in [0.4, 0.5) is 0 Å². The summed E-state index contributed by atoms with van der Waals surface area (Å²) in [6.07, 6.45) is 22.4. The maximum absolute atomic E-state index is 12.2. The SMILES string of the molecule is CCCCC/C=C\C(CCCCCCC(=O)O)OC(=O)CCCCCCCCC. The minimum absolute atomic E-state index is 0.0763. The van der Waals surface area contributed by atoms with Crippen LogP contribution in [0.5, 0.6) is 0 Å². The molecule has 1 atom stereocenters. The number of carbonyl (C=O) groups excluding carboxylic acids is 1. The average Bonchev–Trinajstić information content (AvgIpc) is 2.69.